The van der Waals surface area contributed by atoms with E-state index < -0.39 is 28.5 Å². The molecule has 1 atom stereocenters. The van der Waals surface area contributed by atoms with Gasteiger partial charge in [0, 0.05) is 17.6 Å². The Balaban J connectivity index is 2.40. The second-order valence-corrected chi connectivity index (χ2v) is 10.4. The van der Waals surface area contributed by atoms with E-state index in [2.05, 4.69) is 5.32 Å². The fraction of sp³-hybridized carbons (Fsp3) is 0.391. The molecular formula is C23H30ClN3O4S. The van der Waals surface area contributed by atoms with E-state index in [1.807, 2.05) is 13.8 Å². The second kappa shape index (κ2) is 10.8. The summed E-state index contributed by atoms with van der Waals surface area (Å²) in [6.45, 7) is 6.74. The van der Waals surface area contributed by atoms with Gasteiger partial charge in [-0.25, -0.2) is 8.42 Å². The van der Waals surface area contributed by atoms with Gasteiger partial charge in [0.05, 0.1) is 11.9 Å². The van der Waals surface area contributed by atoms with Gasteiger partial charge in [0.15, 0.2) is 0 Å². The number of sulfonamides is 1. The molecule has 2 aromatic carbocycles. The van der Waals surface area contributed by atoms with Crippen LogP contribution in [0.5, 0.6) is 0 Å². The van der Waals surface area contributed by atoms with Crippen LogP contribution in [0.3, 0.4) is 0 Å². The van der Waals surface area contributed by atoms with Crippen molar-refractivity contribution < 1.29 is 18.0 Å². The number of carbonyl (C=O) groups is 2. The minimum Gasteiger partial charge on any atom is -0.352 e. The van der Waals surface area contributed by atoms with Crippen LogP contribution in [0, 0.1) is 6.92 Å². The number of amides is 2. The number of nitrogens with one attached hydrogen (secondary N) is 1. The van der Waals surface area contributed by atoms with Gasteiger partial charge in [-0.1, -0.05) is 41.9 Å². The van der Waals surface area contributed by atoms with E-state index in [0.717, 1.165) is 21.7 Å². The smallest absolute Gasteiger partial charge is 0.244 e. The number of benzene rings is 2. The number of hydrogen-bond donors (Lipinski definition) is 1. The molecule has 0 aliphatic heterocycles. The monoisotopic (exact) mass is 479 g/mol. The molecular weight excluding hydrogens is 450 g/mol. The van der Waals surface area contributed by atoms with Gasteiger partial charge in [-0.15, -0.1) is 0 Å². The fourth-order valence-corrected chi connectivity index (χ4v) is 4.38. The summed E-state index contributed by atoms with van der Waals surface area (Å²) >= 11 is 6.09. The SMILES string of the molecule is Cc1ccccc1N(CC(=O)N(Cc1cccc(Cl)c1)[C@@H](C)C(=O)NC(C)C)S(C)(=O)=O. The molecule has 0 spiro atoms. The highest BCUT2D eigenvalue weighted by Gasteiger charge is 2.30. The molecule has 0 aliphatic carbocycles. The van der Waals surface area contributed by atoms with Crippen LogP contribution in [0.25, 0.3) is 0 Å². The lowest BCUT2D eigenvalue weighted by molar-refractivity contribution is -0.139. The normalized spacial score (nSPS) is 12.3. The van der Waals surface area contributed by atoms with Crippen LogP contribution in [0.4, 0.5) is 5.69 Å². The predicted octanol–water partition coefficient (Wildman–Crippen LogP) is 3.36. The average Bonchev–Trinajstić information content (AvgIpc) is 2.69. The molecule has 0 radical (unpaired) electrons. The second-order valence-electron chi connectivity index (χ2n) is 8.05. The zero-order valence-corrected chi connectivity index (χ0v) is 20.6. The van der Waals surface area contributed by atoms with Gasteiger partial charge in [-0.05, 0) is 57.0 Å². The van der Waals surface area contributed by atoms with Crippen molar-refractivity contribution in [2.24, 2.45) is 0 Å². The van der Waals surface area contributed by atoms with Crippen molar-refractivity contribution in [3.05, 3.63) is 64.7 Å². The average molecular weight is 480 g/mol. The molecule has 2 aromatic rings. The molecule has 174 valence electrons. The maximum Gasteiger partial charge on any atom is 0.244 e. The Bertz CT molecular complexity index is 1070. The molecule has 1 N–H and O–H groups in total. The predicted molar refractivity (Wildman–Crippen MR) is 128 cm³/mol. The Kier molecular flexibility index (Phi) is 8.69. The molecule has 0 fully saturated rings. The van der Waals surface area contributed by atoms with Crippen LogP contribution in [0.1, 0.15) is 31.9 Å². The van der Waals surface area contributed by atoms with E-state index in [1.54, 1.807) is 62.4 Å². The number of halogens is 1. The lowest BCUT2D eigenvalue weighted by Gasteiger charge is -2.32. The van der Waals surface area contributed by atoms with Crippen molar-refractivity contribution in [1.82, 2.24) is 10.2 Å². The summed E-state index contributed by atoms with van der Waals surface area (Å²) in [5.74, 6) is -0.817. The highest BCUT2D eigenvalue weighted by atomic mass is 35.5. The van der Waals surface area contributed by atoms with E-state index in [1.165, 1.54) is 4.90 Å². The number of rotatable bonds is 9. The first kappa shape index (κ1) is 25.7. The third-order valence-electron chi connectivity index (χ3n) is 4.90. The van der Waals surface area contributed by atoms with Gasteiger partial charge in [-0.3, -0.25) is 13.9 Å². The number of hydrogen-bond acceptors (Lipinski definition) is 4. The summed E-state index contributed by atoms with van der Waals surface area (Å²) in [5.41, 5.74) is 1.87. The summed E-state index contributed by atoms with van der Waals surface area (Å²) in [4.78, 5) is 27.5. The first-order valence-electron chi connectivity index (χ1n) is 10.3. The van der Waals surface area contributed by atoms with Crippen LogP contribution in [0.2, 0.25) is 5.02 Å². The first-order valence-corrected chi connectivity index (χ1v) is 12.5. The summed E-state index contributed by atoms with van der Waals surface area (Å²) in [7, 11) is -3.75. The number of para-hydroxylation sites is 1. The molecule has 0 aliphatic rings. The van der Waals surface area contributed by atoms with E-state index >= 15 is 0 Å². The Morgan fingerprint density at radius 2 is 1.72 bits per heavy atom. The number of anilines is 1. The van der Waals surface area contributed by atoms with Gasteiger partial charge in [0.25, 0.3) is 0 Å². The van der Waals surface area contributed by atoms with Crippen LogP contribution in [-0.4, -0.2) is 50.0 Å². The Labute approximate surface area is 195 Å². The lowest BCUT2D eigenvalue weighted by atomic mass is 10.1. The summed E-state index contributed by atoms with van der Waals surface area (Å²) in [6, 6.07) is 13.0. The van der Waals surface area contributed by atoms with Crippen LogP contribution >= 0.6 is 11.6 Å². The van der Waals surface area contributed by atoms with Crippen molar-refractivity contribution in [3.63, 3.8) is 0 Å². The maximum atomic E-state index is 13.4. The molecule has 0 aromatic heterocycles. The number of nitrogens with zero attached hydrogens (tertiary/aromatic N) is 2. The van der Waals surface area contributed by atoms with E-state index in [-0.39, 0.29) is 18.5 Å². The molecule has 0 bridgehead atoms. The summed E-state index contributed by atoms with van der Waals surface area (Å²) in [6.07, 6.45) is 1.06. The van der Waals surface area contributed by atoms with Crippen molar-refractivity contribution in [3.8, 4) is 0 Å². The van der Waals surface area contributed by atoms with Gasteiger partial charge in [0.2, 0.25) is 21.8 Å². The van der Waals surface area contributed by atoms with Gasteiger partial charge in [-0.2, -0.15) is 0 Å². The zero-order valence-electron chi connectivity index (χ0n) is 19.0. The largest absolute Gasteiger partial charge is 0.352 e. The molecule has 0 unspecified atom stereocenters. The molecule has 0 saturated carbocycles. The van der Waals surface area contributed by atoms with Crippen molar-refractivity contribution >= 4 is 39.1 Å². The van der Waals surface area contributed by atoms with Gasteiger partial charge in [0.1, 0.15) is 12.6 Å². The number of carbonyl (C=O) groups excluding carboxylic acids is 2. The molecule has 0 heterocycles. The van der Waals surface area contributed by atoms with E-state index in [9.17, 15) is 18.0 Å². The summed E-state index contributed by atoms with van der Waals surface area (Å²) < 4.78 is 26.2. The third kappa shape index (κ3) is 6.97. The van der Waals surface area contributed by atoms with Crippen LogP contribution < -0.4 is 9.62 Å². The third-order valence-corrected chi connectivity index (χ3v) is 6.27. The molecule has 32 heavy (non-hydrogen) atoms. The minimum absolute atomic E-state index is 0.104. The lowest BCUT2D eigenvalue weighted by Crippen LogP contribution is -2.52. The Hall–Kier alpha value is -2.58. The van der Waals surface area contributed by atoms with E-state index in [4.69, 9.17) is 11.6 Å². The fourth-order valence-electron chi connectivity index (χ4n) is 3.26. The van der Waals surface area contributed by atoms with Crippen molar-refractivity contribution in [1.29, 1.82) is 0 Å². The Morgan fingerprint density at radius 3 is 2.28 bits per heavy atom. The molecule has 2 amide bonds. The molecule has 0 saturated heterocycles. The first-order chi connectivity index (χ1) is 14.9. The van der Waals surface area contributed by atoms with Crippen molar-refractivity contribution in [2.75, 3.05) is 17.1 Å². The van der Waals surface area contributed by atoms with E-state index in [0.29, 0.717) is 10.7 Å². The quantitative estimate of drug-likeness (QED) is 0.597. The molecule has 9 heteroatoms. The Morgan fingerprint density at radius 1 is 1.06 bits per heavy atom. The van der Waals surface area contributed by atoms with Crippen LogP contribution in [-0.2, 0) is 26.2 Å². The van der Waals surface area contributed by atoms with Crippen molar-refractivity contribution in [2.45, 2.75) is 46.3 Å². The topological polar surface area (TPSA) is 86.8 Å². The standard InChI is InChI=1S/C23H30ClN3O4S/c1-16(2)25-23(29)18(4)26(14-19-10-8-11-20(24)13-19)22(28)15-27(32(5,30)31)21-12-7-6-9-17(21)3/h6-13,16,18H,14-15H2,1-5H3,(H,25,29)/t18-/m0/s1. The van der Waals surface area contributed by atoms with Crippen LogP contribution in [0.15, 0.2) is 48.5 Å². The summed E-state index contributed by atoms with van der Waals surface area (Å²) in [5, 5.41) is 3.31. The molecule has 2 rings (SSSR count). The highest BCUT2D eigenvalue weighted by Crippen LogP contribution is 2.23. The molecule has 7 nitrogen and oxygen atoms in total. The van der Waals surface area contributed by atoms with Gasteiger partial charge >= 0.3 is 0 Å². The minimum atomic E-state index is -3.75. The zero-order chi connectivity index (χ0) is 24.1. The highest BCUT2D eigenvalue weighted by molar-refractivity contribution is 7.92. The van der Waals surface area contributed by atoms with Gasteiger partial charge < -0.3 is 10.2 Å². The number of aryl methyl sites for hydroxylation is 1. The maximum absolute atomic E-state index is 13.4.